The van der Waals surface area contributed by atoms with Crippen molar-refractivity contribution in [2.75, 3.05) is 23.7 Å². The molecule has 0 saturated heterocycles. The van der Waals surface area contributed by atoms with E-state index < -0.39 is 28.5 Å². The van der Waals surface area contributed by atoms with Crippen LogP contribution in [0, 0.1) is 5.92 Å². The van der Waals surface area contributed by atoms with Gasteiger partial charge in [0.1, 0.15) is 12.6 Å². The number of nitrogens with one attached hydrogen (secondary N) is 1. The highest BCUT2D eigenvalue weighted by Crippen LogP contribution is 2.25. The van der Waals surface area contributed by atoms with Crippen molar-refractivity contribution < 1.29 is 18.0 Å². The van der Waals surface area contributed by atoms with Gasteiger partial charge in [0.15, 0.2) is 0 Å². The highest BCUT2D eigenvalue weighted by atomic mass is 35.5. The average Bonchev–Trinajstić information content (AvgIpc) is 2.79. The minimum atomic E-state index is -3.79. The van der Waals surface area contributed by atoms with E-state index in [1.54, 1.807) is 37.3 Å². The smallest absolute Gasteiger partial charge is 0.244 e. The molecule has 0 aliphatic carbocycles. The maximum absolute atomic E-state index is 13.6. The van der Waals surface area contributed by atoms with Crippen LogP contribution in [0.5, 0.6) is 0 Å². The van der Waals surface area contributed by atoms with Crippen LogP contribution in [0.15, 0.2) is 42.5 Å². The number of carbonyl (C=O) groups is 2. The van der Waals surface area contributed by atoms with Crippen LogP contribution in [0.4, 0.5) is 5.69 Å². The zero-order valence-corrected chi connectivity index (χ0v) is 23.9. The van der Waals surface area contributed by atoms with Gasteiger partial charge in [0.05, 0.1) is 11.9 Å². The summed E-state index contributed by atoms with van der Waals surface area (Å²) >= 11 is 12.4. The molecule has 2 aromatic carbocycles. The molecule has 10 heteroatoms. The second kappa shape index (κ2) is 12.8. The Morgan fingerprint density at radius 3 is 2.08 bits per heavy atom. The Kier molecular flexibility index (Phi) is 10.6. The molecular formula is C26H35Cl2N3O4S. The van der Waals surface area contributed by atoms with E-state index in [9.17, 15) is 18.0 Å². The summed E-state index contributed by atoms with van der Waals surface area (Å²) in [7, 11) is -3.79. The lowest BCUT2D eigenvalue weighted by atomic mass is 10.0. The Labute approximate surface area is 224 Å². The summed E-state index contributed by atoms with van der Waals surface area (Å²) in [4.78, 5) is 27.8. The molecule has 0 heterocycles. The molecular weight excluding hydrogens is 521 g/mol. The SMILES string of the molecule is CC(C)CNC(=O)[C@@H](C)N(Cc1ccc(Cl)cc1Cl)C(=O)CN(c1ccc(C(C)C)cc1)S(C)(=O)=O. The molecule has 0 fully saturated rings. The van der Waals surface area contributed by atoms with Gasteiger partial charge in [-0.3, -0.25) is 13.9 Å². The molecule has 2 amide bonds. The maximum Gasteiger partial charge on any atom is 0.244 e. The summed E-state index contributed by atoms with van der Waals surface area (Å²) in [6, 6.07) is 11.1. The topological polar surface area (TPSA) is 86.8 Å². The van der Waals surface area contributed by atoms with Crippen molar-refractivity contribution in [3.05, 3.63) is 63.6 Å². The van der Waals surface area contributed by atoms with E-state index in [2.05, 4.69) is 5.32 Å². The first-order valence-corrected chi connectivity index (χ1v) is 14.4. The molecule has 7 nitrogen and oxygen atoms in total. The summed E-state index contributed by atoms with van der Waals surface area (Å²) in [6.45, 7) is 9.62. The van der Waals surface area contributed by atoms with Crippen LogP contribution in [0.25, 0.3) is 0 Å². The normalized spacial score (nSPS) is 12.5. The summed E-state index contributed by atoms with van der Waals surface area (Å²) in [5.74, 6) is -0.372. The number of nitrogens with zero attached hydrogens (tertiary/aromatic N) is 2. The number of rotatable bonds is 11. The van der Waals surface area contributed by atoms with Crippen molar-refractivity contribution in [3.8, 4) is 0 Å². The Hall–Kier alpha value is -2.29. The van der Waals surface area contributed by atoms with Crippen LogP contribution in [0.1, 0.15) is 51.7 Å². The Morgan fingerprint density at radius 2 is 1.58 bits per heavy atom. The molecule has 0 aromatic heterocycles. The van der Waals surface area contributed by atoms with E-state index in [-0.39, 0.29) is 24.3 Å². The monoisotopic (exact) mass is 555 g/mol. The van der Waals surface area contributed by atoms with Crippen molar-refractivity contribution in [1.82, 2.24) is 10.2 Å². The van der Waals surface area contributed by atoms with Gasteiger partial charge in [0, 0.05) is 23.1 Å². The number of hydrogen-bond acceptors (Lipinski definition) is 4. The van der Waals surface area contributed by atoms with Gasteiger partial charge in [-0.05, 0) is 54.2 Å². The lowest BCUT2D eigenvalue weighted by Gasteiger charge is -2.32. The van der Waals surface area contributed by atoms with Crippen LogP contribution < -0.4 is 9.62 Å². The lowest BCUT2D eigenvalue weighted by molar-refractivity contribution is -0.139. The molecule has 0 unspecified atom stereocenters. The van der Waals surface area contributed by atoms with Crippen molar-refractivity contribution in [2.45, 2.75) is 53.1 Å². The number of benzene rings is 2. The average molecular weight is 557 g/mol. The third-order valence-corrected chi connectivity index (χ3v) is 7.46. The van der Waals surface area contributed by atoms with Crippen molar-refractivity contribution in [3.63, 3.8) is 0 Å². The quantitative estimate of drug-likeness (QED) is 0.419. The second-order valence-corrected chi connectivity index (χ2v) is 12.3. The Bertz CT molecular complexity index is 1170. The van der Waals surface area contributed by atoms with E-state index >= 15 is 0 Å². The highest BCUT2D eigenvalue weighted by Gasteiger charge is 2.30. The highest BCUT2D eigenvalue weighted by molar-refractivity contribution is 7.92. The number of anilines is 1. The van der Waals surface area contributed by atoms with Gasteiger partial charge >= 0.3 is 0 Å². The largest absolute Gasteiger partial charge is 0.354 e. The van der Waals surface area contributed by atoms with Crippen LogP contribution in [0.3, 0.4) is 0 Å². The van der Waals surface area contributed by atoms with Crippen LogP contribution in [0.2, 0.25) is 10.0 Å². The van der Waals surface area contributed by atoms with Gasteiger partial charge < -0.3 is 10.2 Å². The molecule has 36 heavy (non-hydrogen) atoms. The summed E-state index contributed by atoms with van der Waals surface area (Å²) in [5, 5.41) is 3.63. The fourth-order valence-electron chi connectivity index (χ4n) is 3.51. The molecule has 1 atom stereocenters. The van der Waals surface area contributed by atoms with Gasteiger partial charge in [-0.1, -0.05) is 69.1 Å². The van der Waals surface area contributed by atoms with Crippen LogP contribution in [-0.2, 0) is 26.2 Å². The molecule has 2 aromatic rings. The second-order valence-electron chi connectivity index (χ2n) is 9.59. The molecule has 1 N–H and O–H groups in total. The predicted molar refractivity (Wildman–Crippen MR) is 147 cm³/mol. The zero-order valence-electron chi connectivity index (χ0n) is 21.6. The third-order valence-electron chi connectivity index (χ3n) is 5.73. The fourth-order valence-corrected chi connectivity index (χ4v) is 4.83. The molecule has 0 aliphatic heterocycles. The molecule has 198 valence electrons. The number of amides is 2. The van der Waals surface area contributed by atoms with Gasteiger partial charge in [-0.2, -0.15) is 0 Å². The van der Waals surface area contributed by atoms with Crippen LogP contribution >= 0.6 is 23.2 Å². The fraction of sp³-hybridized carbons (Fsp3) is 0.462. The molecule has 0 radical (unpaired) electrons. The summed E-state index contributed by atoms with van der Waals surface area (Å²) < 4.78 is 26.4. The molecule has 0 aliphatic rings. The minimum absolute atomic E-state index is 0.00892. The van der Waals surface area contributed by atoms with Crippen molar-refractivity contribution in [2.24, 2.45) is 5.92 Å². The lowest BCUT2D eigenvalue weighted by Crippen LogP contribution is -2.51. The van der Waals surface area contributed by atoms with E-state index in [4.69, 9.17) is 23.2 Å². The first-order valence-electron chi connectivity index (χ1n) is 11.8. The molecule has 0 bridgehead atoms. The van der Waals surface area contributed by atoms with E-state index in [1.165, 1.54) is 4.90 Å². The van der Waals surface area contributed by atoms with E-state index in [1.807, 2.05) is 39.8 Å². The Balaban J connectivity index is 2.40. The number of sulfonamides is 1. The van der Waals surface area contributed by atoms with E-state index in [0.29, 0.717) is 27.8 Å². The van der Waals surface area contributed by atoms with Crippen LogP contribution in [-0.4, -0.2) is 50.5 Å². The maximum atomic E-state index is 13.6. The van der Waals surface area contributed by atoms with Gasteiger partial charge in [0.25, 0.3) is 0 Å². The summed E-state index contributed by atoms with van der Waals surface area (Å²) in [6.07, 6.45) is 1.05. The van der Waals surface area contributed by atoms with Gasteiger partial charge in [-0.25, -0.2) is 8.42 Å². The molecule has 0 spiro atoms. The summed E-state index contributed by atoms with van der Waals surface area (Å²) in [5.41, 5.74) is 2.01. The van der Waals surface area contributed by atoms with Crippen molar-refractivity contribution >= 4 is 50.7 Å². The first-order chi connectivity index (χ1) is 16.7. The molecule has 2 rings (SSSR count). The standard InChI is InChI=1S/C26H35Cl2N3O4S/c1-17(2)14-29-26(33)19(5)30(15-21-7-10-22(27)13-24(21)28)25(32)16-31(36(6,34)35)23-11-8-20(9-12-23)18(3)4/h7-13,17-19H,14-16H2,1-6H3,(H,29,33)/t19-/m1/s1. The van der Waals surface area contributed by atoms with E-state index in [0.717, 1.165) is 16.1 Å². The zero-order chi connectivity index (χ0) is 27.2. The minimum Gasteiger partial charge on any atom is -0.354 e. The first kappa shape index (κ1) is 29.9. The Morgan fingerprint density at radius 1 is 0.972 bits per heavy atom. The van der Waals surface area contributed by atoms with Gasteiger partial charge in [-0.15, -0.1) is 0 Å². The van der Waals surface area contributed by atoms with Gasteiger partial charge in [0.2, 0.25) is 21.8 Å². The third kappa shape index (κ3) is 8.39. The predicted octanol–water partition coefficient (Wildman–Crippen LogP) is 5.07. The number of carbonyl (C=O) groups excluding carboxylic acids is 2. The molecule has 0 saturated carbocycles. The number of halogens is 2. The van der Waals surface area contributed by atoms with Crippen molar-refractivity contribution in [1.29, 1.82) is 0 Å². The number of hydrogen-bond donors (Lipinski definition) is 1.